The SMILES string of the molecule is NC(=O)c1ccc2c(C(N)=O)c1CCCCCCCCCC2. The molecule has 120 valence electrons. The topological polar surface area (TPSA) is 86.2 Å². The molecule has 0 unspecified atom stereocenters. The number of primary amides is 2. The summed E-state index contributed by atoms with van der Waals surface area (Å²) in [6.45, 7) is 0. The minimum absolute atomic E-state index is 0.442. The Morgan fingerprint density at radius 2 is 1.27 bits per heavy atom. The van der Waals surface area contributed by atoms with Gasteiger partial charge in [0.05, 0.1) is 0 Å². The number of hydrogen-bond acceptors (Lipinski definition) is 2. The number of carbonyl (C=O) groups is 2. The zero-order valence-electron chi connectivity index (χ0n) is 13.2. The first-order valence-electron chi connectivity index (χ1n) is 8.35. The van der Waals surface area contributed by atoms with Crippen LogP contribution in [0.15, 0.2) is 12.1 Å². The lowest BCUT2D eigenvalue weighted by molar-refractivity contribution is 0.0998. The van der Waals surface area contributed by atoms with Crippen LogP contribution in [-0.2, 0) is 12.8 Å². The maximum atomic E-state index is 12.0. The van der Waals surface area contributed by atoms with Crippen LogP contribution in [0.5, 0.6) is 0 Å². The van der Waals surface area contributed by atoms with E-state index in [9.17, 15) is 9.59 Å². The summed E-state index contributed by atoms with van der Waals surface area (Å²) in [5.74, 6) is -0.920. The summed E-state index contributed by atoms with van der Waals surface area (Å²) in [7, 11) is 0. The van der Waals surface area contributed by atoms with Crippen molar-refractivity contribution in [1.29, 1.82) is 0 Å². The molecule has 0 aromatic heterocycles. The molecule has 2 amide bonds. The Morgan fingerprint density at radius 1 is 0.727 bits per heavy atom. The highest BCUT2D eigenvalue weighted by Crippen LogP contribution is 2.24. The number of nitrogens with two attached hydrogens (primary N) is 2. The molecule has 2 bridgehead atoms. The molecule has 2 rings (SSSR count). The van der Waals surface area contributed by atoms with Crippen molar-refractivity contribution in [2.24, 2.45) is 11.5 Å². The predicted molar refractivity (Wildman–Crippen MR) is 87.8 cm³/mol. The predicted octanol–water partition coefficient (Wildman–Crippen LogP) is 3.10. The van der Waals surface area contributed by atoms with Crippen LogP contribution in [-0.4, -0.2) is 11.8 Å². The first kappa shape index (κ1) is 16.5. The molecule has 0 fully saturated rings. The van der Waals surface area contributed by atoms with E-state index >= 15 is 0 Å². The van der Waals surface area contributed by atoms with Crippen LogP contribution in [0.2, 0.25) is 0 Å². The van der Waals surface area contributed by atoms with Crippen molar-refractivity contribution in [3.63, 3.8) is 0 Å². The van der Waals surface area contributed by atoms with Crippen LogP contribution >= 0.6 is 0 Å². The first-order valence-corrected chi connectivity index (χ1v) is 8.35. The zero-order chi connectivity index (χ0) is 15.9. The number of hydrogen-bond donors (Lipinski definition) is 2. The fourth-order valence-electron chi connectivity index (χ4n) is 3.38. The molecule has 1 aliphatic rings. The van der Waals surface area contributed by atoms with E-state index in [1.54, 1.807) is 6.07 Å². The van der Waals surface area contributed by atoms with Gasteiger partial charge in [-0.25, -0.2) is 0 Å². The van der Waals surface area contributed by atoms with Gasteiger partial charge in [-0.15, -0.1) is 0 Å². The number of aryl methyl sites for hydroxylation is 1. The van der Waals surface area contributed by atoms with Crippen molar-refractivity contribution in [3.8, 4) is 0 Å². The Labute approximate surface area is 132 Å². The van der Waals surface area contributed by atoms with E-state index < -0.39 is 11.8 Å². The monoisotopic (exact) mass is 302 g/mol. The standard InChI is InChI=1S/C18H26N2O2/c19-17(21)15-12-11-13-9-7-5-3-1-2-4-6-8-10-14(15)16(13)18(20)22/h11-12H,1-10H2,(H2,19,21)(H2,20,22). The van der Waals surface area contributed by atoms with E-state index in [4.69, 9.17) is 11.5 Å². The Balaban J connectivity index is 2.41. The van der Waals surface area contributed by atoms with Gasteiger partial charge in [0, 0.05) is 11.1 Å². The molecule has 0 atom stereocenters. The van der Waals surface area contributed by atoms with Crippen molar-refractivity contribution >= 4 is 11.8 Å². The van der Waals surface area contributed by atoms with Crippen LogP contribution in [0.4, 0.5) is 0 Å². The molecule has 0 heterocycles. The maximum absolute atomic E-state index is 12.0. The van der Waals surface area contributed by atoms with Gasteiger partial charge in [0.2, 0.25) is 11.8 Å². The molecular weight excluding hydrogens is 276 g/mol. The Morgan fingerprint density at radius 3 is 1.82 bits per heavy atom. The van der Waals surface area contributed by atoms with Crippen LogP contribution in [0.25, 0.3) is 0 Å². The van der Waals surface area contributed by atoms with Crippen molar-refractivity contribution in [2.75, 3.05) is 0 Å². The highest BCUT2D eigenvalue weighted by Gasteiger charge is 2.19. The van der Waals surface area contributed by atoms with Crippen LogP contribution in [0, 0.1) is 0 Å². The number of fused-ring (bicyclic) bond motifs is 2. The van der Waals surface area contributed by atoms with E-state index in [2.05, 4.69) is 0 Å². The molecule has 4 N–H and O–H groups in total. The van der Waals surface area contributed by atoms with Gasteiger partial charge in [0.1, 0.15) is 0 Å². The zero-order valence-corrected chi connectivity index (χ0v) is 13.2. The lowest BCUT2D eigenvalue weighted by Gasteiger charge is -2.15. The maximum Gasteiger partial charge on any atom is 0.249 e. The molecule has 0 spiro atoms. The average molecular weight is 302 g/mol. The van der Waals surface area contributed by atoms with Gasteiger partial charge in [-0.3, -0.25) is 9.59 Å². The number of benzene rings is 1. The van der Waals surface area contributed by atoms with Crippen LogP contribution < -0.4 is 11.5 Å². The minimum atomic E-state index is -0.478. The normalized spacial score (nSPS) is 16.9. The Bertz CT molecular complexity index is 552. The third kappa shape index (κ3) is 4.09. The molecule has 1 aromatic carbocycles. The Kier molecular flexibility index (Phi) is 5.99. The second-order valence-electron chi connectivity index (χ2n) is 6.18. The average Bonchev–Trinajstić information content (AvgIpc) is 2.48. The number of amides is 2. The molecule has 0 aliphatic heterocycles. The largest absolute Gasteiger partial charge is 0.366 e. The number of rotatable bonds is 2. The summed E-state index contributed by atoms with van der Waals surface area (Å²) >= 11 is 0. The van der Waals surface area contributed by atoms with Gasteiger partial charge in [0.25, 0.3) is 0 Å². The highest BCUT2D eigenvalue weighted by molar-refractivity contribution is 6.02. The molecule has 4 heteroatoms. The lowest BCUT2D eigenvalue weighted by atomic mass is 9.89. The molecular formula is C18H26N2O2. The van der Waals surface area contributed by atoms with Crippen LogP contribution in [0.3, 0.4) is 0 Å². The van der Waals surface area contributed by atoms with Gasteiger partial charge < -0.3 is 11.5 Å². The van der Waals surface area contributed by atoms with Gasteiger partial charge in [-0.1, -0.05) is 44.6 Å². The second kappa shape index (κ2) is 7.97. The van der Waals surface area contributed by atoms with Gasteiger partial charge in [-0.2, -0.15) is 0 Å². The van der Waals surface area contributed by atoms with E-state index in [-0.39, 0.29) is 0 Å². The molecule has 4 nitrogen and oxygen atoms in total. The third-order valence-corrected chi connectivity index (χ3v) is 4.53. The molecule has 0 saturated carbocycles. The summed E-state index contributed by atoms with van der Waals surface area (Å²) in [5, 5.41) is 0. The Hall–Kier alpha value is -1.84. The molecule has 1 aliphatic carbocycles. The number of carbonyl (C=O) groups excluding carboxylic acids is 2. The smallest absolute Gasteiger partial charge is 0.249 e. The van der Waals surface area contributed by atoms with Crippen molar-refractivity contribution in [2.45, 2.75) is 64.2 Å². The lowest BCUT2D eigenvalue weighted by Crippen LogP contribution is -2.22. The molecule has 0 radical (unpaired) electrons. The summed E-state index contributed by atoms with van der Waals surface area (Å²) in [6, 6.07) is 3.61. The van der Waals surface area contributed by atoms with E-state index in [1.165, 1.54) is 32.1 Å². The van der Waals surface area contributed by atoms with Gasteiger partial charge >= 0.3 is 0 Å². The quantitative estimate of drug-likeness (QED) is 0.879. The van der Waals surface area contributed by atoms with E-state index in [1.807, 2.05) is 6.07 Å². The van der Waals surface area contributed by atoms with Crippen molar-refractivity contribution in [1.82, 2.24) is 0 Å². The van der Waals surface area contributed by atoms with Gasteiger partial charge in [-0.05, 0) is 42.9 Å². The fraction of sp³-hybridized carbons (Fsp3) is 0.556. The van der Waals surface area contributed by atoms with Gasteiger partial charge in [0.15, 0.2) is 0 Å². The van der Waals surface area contributed by atoms with Crippen molar-refractivity contribution in [3.05, 3.63) is 34.4 Å². The summed E-state index contributed by atoms with van der Waals surface area (Å²) in [6.07, 6.45) is 10.8. The summed E-state index contributed by atoms with van der Waals surface area (Å²) in [5.41, 5.74) is 13.8. The first-order chi connectivity index (χ1) is 10.6. The molecule has 0 saturated heterocycles. The molecule has 1 aromatic rings. The summed E-state index contributed by atoms with van der Waals surface area (Å²) < 4.78 is 0. The highest BCUT2D eigenvalue weighted by atomic mass is 16.1. The van der Waals surface area contributed by atoms with Crippen LogP contribution in [0.1, 0.15) is 83.2 Å². The molecule has 22 heavy (non-hydrogen) atoms. The van der Waals surface area contributed by atoms with E-state index in [0.29, 0.717) is 17.5 Å². The minimum Gasteiger partial charge on any atom is -0.366 e. The fourth-order valence-corrected chi connectivity index (χ4v) is 3.38. The third-order valence-electron chi connectivity index (χ3n) is 4.53. The van der Waals surface area contributed by atoms with Crippen molar-refractivity contribution < 1.29 is 9.59 Å². The summed E-state index contributed by atoms with van der Waals surface area (Å²) in [4.78, 5) is 23.7. The van der Waals surface area contributed by atoms with E-state index in [0.717, 1.165) is 36.8 Å². The second-order valence-corrected chi connectivity index (χ2v) is 6.18.